The van der Waals surface area contributed by atoms with Crippen LogP contribution in [0.15, 0.2) is 42.5 Å². The Hall–Kier alpha value is -2.07. The Bertz CT molecular complexity index is 810. The number of thiazole rings is 1. The van der Waals surface area contributed by atoms with Crippen molar-refractivity contribution in [3.8, 4) is 22.1 Å². The topological polar surface area (TPSA) is 42.4 Å². The average molecular weight is 384 g/mol. The molecule has 0 saturated heterocycles. The minimum Gasteiger partial charge on any atom is -0.507 e. The molecule has 3 nitrogen and oxygen atoms in total. The molecule has 0 bridgehead atoms. The van der Waals surface area contributed by atoms with E-state index >= 15 is 0 Å². The van der Waals surface area contributed by atoms with E-state index in [2.05, 4.69) is 18.0 Å². The van der Waals surface area contributed by atoms with Gasteiger partial charge in [0.05, 0.1) is 22.4 Å². The van der Waals surface area contributed by atoms with Gasteiger partial charge in [0.15, 0.2) is 0 Å². The highest BCUT2D eigenvalue weighted by molar-refractivity contribution is 7.21. The molecule has 3 aromatic rings. The maximum absolute atomic E-state index is 10.4. The number of aromatic nitrogens is 1. The minimum absolute atomic E-state index is 0.225. The number of hydrogen-bond donors (Lipinski definition) is 1. The minimum atomic E-state index is 0.225. The van der Waals surface area contributed by atoms with Crippen LogP contribution in [0, 0.1) is 0 Å². The fourth-order valence-electron chi connectivity index (χ4n) is 3.20. The molecule has 1 aromatic heterocycles. The summed E-state index contributed by atoms with van der Waals surface area (Å²) in [4.78, 5) is 4.61. The van der Waals surface area contributed by atoms with Gasteiger partial charge in [0.2, 0.25) is 0 Å². The molecule has 144 valence electrons. The lowest BCUT2D eigenvalue weighted by Crippen LogP contribution is -1.97. The van der Waals surface area contributed by atoms with Crippen LogP contribution >= 0.6 is 11.3 Å². The molecular weight excluding hydrogens is 354 g/mol. The molecule has 0 saturated carbocycles. The van der Waals surface area contributed by atoms with E-state index in [1.165, 1.54) is 44.9 Å². The van der Waals surface area contributed by atoms with Gasteiger partial charge in [-0.2, -0.15) is 0 Å². The Labute approximate surface area is 166 Å². The van der Waals surface area contributed by atoms with Crippen molar-refractivity contribution in [3.63, 3.8) is 0 Å². The Morgan fingerprint density at radius 1 is 0.926 bits per heavy atom. The molecule has 0 unspecified atom stereocenters. The quantitative estimate of drug-likeness (QED) is 0.356. The van der Waals surface area contributed by atoms with Crippen LogP contribution in [-0.4, -0.2) is 16.7 Å². The van der Waals surface area contributed by atoms with Gasteiger partial charge in [0.1, 0.15) is 16.5 Å². The summed E-state index contributed by atoms with van der Waals surface area (Å²) in [7, 11) is 0. The van der Waals surface area contributed by atoms with Gasteiger partial charge in [0.25, 0.3) is 0 Å². The zero-order valence-electron chi connectivity index (χ0n) is 16.1. The predicted octanol–water partition coefficient (Wildman–Crippen LogP) is 7.19. The van der Waals surface area contributed by atoms with Crippen molar-refractivity contribution < 1.29 is 9.84 Å². The highest BCUT2D eigenvalue weighted by Gasteiger charge is 2.11. The largest absolute Gasteiger partial charge is 0.507 e. The standard InChI is InChI=1S/C23H29NO2S/c1-2-3-4-5-6-7-8-11-16-26-18-14-15-19(21(25)17-18)23-24-20-12-9-10-13-22(20)27-23/h9-10,12-15,17,25H,2-8,11,16H2,1H3. The number of ether oxygens (including phenoxy) is 1. The summed E-state index contributed by atoms with van der Waals surface area (Å²) in [5, 5.41) is 11.2. The molecule has 3 rings (SSSR count). The van der Waals surface area contributed by atoms with Crippen molar-refractivity contribution in [3.05, 3.63) is 42.5 Å². The fourth-order valence-corrected chi connectivity index (χ4v) is 4.20. The van der Waals surface area contributed by atoms with Gasteiger partial charge in [-0.05, 0) is 30.7 Å². The third-order valence-electron chi connectivity index (χ3n) is 4.76. The van der Waals surface area contributed by atoms with Gasteiger partial charge in [-0.3, -0.25) is 0 Å². The van der Waals surface area contributed by atoms with Gasteiger partial charge in [0, 0.05) is 6.07 Å². The summed E-state index contributed by atoms with van der Waals surface area (Å²) in [5.74, 6) is 0.947. The van der Waals surface area contributed by atoms with Crippen molar-refractivity contribution in [2.24, 2.45) is 0 Å². The van der Waals surface area contributed by atoms with Crippen LogP contribution in [0.5, 0.6) is 11.5 Å². The Kier molecular flexibility index (Phi) is 7.52. The molecule has 0 fully saturated rings. The molecule has 0 radical (unpaired) electrons. The Morgan fingerprint density at radius 2 is 1.67 bits per heavy atom. The number of aromatic hydroxyl groups is 1. The third-order valence-corrected chi connectivity index (χ3v) is 5.83. The second-order valence-corrected chi connectivity index (χ2v) is 8.02. The summed E-state index contributed by atoms with van der Waals surface area (Å²) in [6, 6.07) is 13.6. The summed E-state index contributed by atoms with van der Waals surface area (Å²) >= 11 is 1.59. The number of fused-ring (bicyclic) bond motifs is 1. The molecule has 27 heavy (non-hydrogen) atoms. The first kappa shape index (κ1) is 19.7. The first-order chi connectivity index (χ1) is 13.3. The zero-order chi connectivity index (χ0) is 18.9. The molecule has 2 aromatic carbocycles. The van der Waals surface area contributed by atoms with E-state index in [0.717, 1.165) is 33.0 Å². The van der Waals surface area contributed by atoms with Crippen LogP contribution in [-0.2, 0) is 0 Å². The van der Waals surface area contributed by atoms with Crippen molar-refractivity contribution in [1.82, 2.24) is 4.98 Å². The fraction of sp³-hybridized carbons (Fsp3) is 0.435. The van der Waals surface area contributed by atoms with E-state index in [1.54, 1.807) is 17.4 Å². The lowest BCUT2D eigenvalue weighted by Gasteiger charge is -2.08. The van der Waals surface area contributed by atoms with Crippen molar-refractivity contribution >= 4 is 21.6 Å². The lowest BCUT2D eigenvalue weighted by molar-refractivity contribution is 0.302. The number of hydrogen-bond acceptors (Lipinski definition) is 4. The number of nitrogens with zero attached hydrogens (tertiary/aromatic N) is 1. The summed E-state index contributed by atoms with van der Waals surface area (Å²) in [5.41, 5.74) is 1.72. The molecule has 0 spiro atoms. The number of rotatable bonds is 11. The highest BCUT2D eigenvalue weighted by atomic mass is 32.1. The van der Waals surface area contributed by atoms with E-state index in [9.17, 15) is 5.11 Å². The number of benzene rings is 2. The predicted molar refractivity (Wildman–Crippen MR) is 115 cm³/mol. The van der Waals surface area contributed by atoms with Crippen LogP contribution in [0.4, 0.5) is 0 Å². The number of phenolic OH excluding ortho intramolecular Hbond substituents is 1. The summed E-state index contributed by atoms with van der Waals surface area (Å²) < 4.78 is 6.93. The smallest absolute Gasteiger partial charge is 0.129 e. The van der Waals surface area contributed by atoms with Crippen molar-refractivity contribution in [1.29, 1.82) is 0 Å². The van der Waals surface area contributed by atoms with E-state index in [1.807, 2.05) is 30.3 Å². The zero-order valence-corrected chi connectivity index (χ0v) is 16.9. The van der Waals surface area contributed by atoms with E-state index in [-0.39, 0.29) is 5.75 Å². The van der Waals surface area contributed by atoms with Gasteiger partial charge < -0.3 is 9.84 Å². The molecular formula is C23H29NO2S. The molecule has 0 aliphatic rings. The number of unbranched alkanes of at least 4 members (excludes halogenated alkanes) is 7. The second kappa shape index (κ2) is 10.3. The Balaban J connectivity index is 1.46. The van der Waals surface area contributed by atoms with Gasteiger partial charge in [-0.15, -0.1) is 11.3 Å². The maximum atomic E-state index is 10.4. The van der Waals surface area contributed by atoms with Gasteiger partial charge >= 0.3 is 0 Å². The monoisotopic (exact) mass is 383 g/mol. The molecule has 1 N–H and O–H groups in total. The SMILES string of the molecule is CCCCCCCCCCOc1ccc(-c2nc3ccccc3s2)c(O)c1. The number of phenols is 1. The van der Waals surface area contributed by atoms with Crippen molar-refractivity contribution in [2.75, 3.05) is 6.61 Å². The van der Waals surface area contributed by atoms with E-state index < -0.39 is 0 Å². The van der Waals surface area contributed by atoms with E-state index in [0.29, 0.717) is 6.61 Å². The Morgan fingerprint density at radius 3 is 2.41 bits per heavy atom. The van der Waals surface area contributed by atoms with Gasteiger partial charge in [-0.25, -0.2) is 4.98 Å². The highest BCUT2D eigenvalue weighted by Crippen LogP contribution is 2.37. The maximum Gasteiger partial charge on any atom is 0.129 e. The molecule has 0 aliphatic carbocycles. The molecule has 0 aliphatic heterocycles. The molecule has 0 atom stereocenters. The van der Waals surface area contributed by atoms with E-state index in [4.69, 9.17) is 4.74 Å². The van der Waals surface area contributed by atoms with Crippen LogP contribution < -0.4 is 4.74 Å². The second-order valence-electron chi connectivity index (χ2n) is 6.99. The third kappa shape index (κ3) is 5.70. The van der Waals surface area contributed by atoms with Crippen LogP contribution in [0.2, 0.25) is 0 Å². The van der Waals surface area contributed by atoms with Crippen LogP contribution in [0.3, 0.4) is 0 Å². The average Bonchev–Trinajstić information content (AvgIpc) is 3.10. The lowest BCUT2D eigenvalue weighted by atomic mass is 10.1. The summed E-state index contributed by atoms with van der Waals surface area (Å²) in [6.07, 6.45) is 10.3. The first-order valence-electron chi connectivity index (χ1n) is 10.1. The molecule has 1 heterocycles. The first-order valence-corrected chi connectivity index (χ1v) is 10.9. The van der Waals surface area contributed by atoms with Crippen LogP contribution in [0.25, 0.3) is 20.8 Å². The number of para-hydroxylation sites is 1. The molecule has 0 amide bonds. The van der Waals surface area contributed by atoms with Crippen molar-refractivity contribution in [2.45, 2.75) is 58.3 Å². The summed E-state index contributed by atoms with van der Waals surface area (Å²) in [6.45, 7) is 2.95. The molecule has 4 heteroatoms. The normalized spacial score (nSPS) is 11.1. The van der Waals surface area contributed by atoms with Gasteiger partial charge in [-0.1, -0.05) is 64.0 Å². The van der Waals surface area contributed by atoms with Crippen LogP contribution in [0.1, 0.15) is 58.3 Å².